The molecule has 0 saturated carbocycles. The average molecular weight is 412 g/mol. The molecule has 0 aliphatic heterocycles. The number of oxazole rings is 1. The molecule has 2 aromatic heterocycles. The number of hydrogen-bond acceptors (Lipinski definition) is 6. The molecule has 0 N–H and O–H groups in total. The van der Waals surface area contributed by atoms with E-state index in [-0.39, 0.29) is 5.97 Å². The molecule has 0 unspecified atom stereocenters. The zero-order chi connectivity index (χ0) is 20.6. The summed E-state index contributed by atoms with van der Waals surface area (Å²) in [6.45, 7) is 4.06. The van der Waals surface area contributed by atoms with Gasteiger partial charge in [-0.05, 0) is 49.2 Å². The molecule has 0 atom stereocenters. The highest BCUT2D eigenvalue weighted by Crippen LogP contribution is 2.24. The number of carbonyl (C=O) groups is 1. The van der Waals surface area contributed by atoms with Gasteiger partial charge in [0, 0.05) is 11.3 Å². The van der Waals surface area contributed by atoms with Gasteiger partial charge in [-0.2, -0.15) is 0 Å². The lowest BCUT2D eigenvalue weighted by atomic mass is 10.1. The zero-order valence-corrected chi connectivity index (χ0v) is 17.8. The molecule has 3 rings (SSSR count). The summed E-state index contributed by atoms with van der Waals surface area (Å²) in [6.07, 6.45) is 5.46. The van der Waals surface area contributed by atoms with Crippen molar-refractivity contribution in [3.8, 4) is 11.5 Å². The lowest BCUT2D eigenvalue weighted by Gasteiger charge is -1.98. The normalized spacial score (nSPS) is 11.3. The van der Waals surface area contributed by atoms with Crippen molar-refractivity contribution in [2.75, 3.05) is 18.6 Å². The highest BCUT2D eigenvalue weighted by Gasteiger charge is 2.13. The van der Waals surface area contributed by atoms with Gasteiger partial charge in [0.25, 0.3) is 0 Å². The fraction of sp³-hybridized carbons (Fsp3) is 0.304. The van der Waals surface area contributed by atoms with Gasteiger partial charge < -0.3 is 13.6 Å². The van der Waals surface area contributed by atoms with E-state index in [2.05, 4.69) is 28.8 Å². The molecule has 1 aromatic carbocycles. The monoisotopic (exact) mass is 411 g/mol. The number of nitrogens with zero attached hydrogens (tertiary/aromatic N) is 1. The third kappa shape index (κ3) is 5.87. The van der Waals surface area contributed by atoms with E-state index in [1.165, 1.54) is 24.4 Å². The average Bonchev–Trinajstić information content (AvgIpc) is 3.34. The van der Waals surface area contributed by atoms with Crippen molar-refractivity contribution in [3.63, 3.8) is 0 Å². The lowest BCUT2D eigenvalue weighted by Crippen LogP contribution is -2.03. The molecule has 29 heavy (non-hydrogen) atoms. The Morgan fingerprint density at radius 3 is 2.69 bits per heavy atom. The maximum atomic E-state index is 11.1. The Balaban J connectivity index is 1.59. The highest BCUT2D eigenvalue weighted by molar-refractivity contribution is 8.00. The Kier molecular flexibility index (Phi) is 7.36. The molecule has 2 heterocycles. The van der Waals surface area contributed by atoms with E-state index in [0.29, 0.717) is 23.8 Å². The molecule has 0 amide bonds. The summed E-state index contributed by atoms with van der Waals surface area (Å²) in [5, 5.41) is 0. The zero-order valence-electron chi connectivity index (χ0n) is 16.9. The number of carbonyl (C=O) groups excluding carboxylic acids is 1. The Morgan fingerprint density at radius 1 is 1.17 bits per heavy atom. The van der Waals surface area contributed by atoms with Gasteiger partial charge in [-0.1, -0.05) is 25.1 Å². The van der Waals surface area contributed by atoms with E-state index >= 15 is 0 Å². The number of hydrogen-bond donors (Lipinski definition) is 0. The van der Waals surface area contributed by atoms with Crippen molar-refractivity contribution in [2.24, 2.45) is 0 Å². The minimum atomic E-state index is -0.215. The van der Waals surface area contributed by atoms with Gasteiger partial charge in [0.2, 0.25) is 5.89 Å². The van der Waals surface area contributed by atoms with Crippen molar-refractivity contribution in [1.82, 2.24) is 4.98 Å². The number of methoxy groups -OCH3 is 1. The predicted octanol–water partition coefficient (Wildman–Crippen LogP) is 5.32. The second-order valence-electron chi connectivity index (χ2n) is 6.55. The fourth-order valence-corrected chi connectivity index (χ4v) is 3.41. The minimum absolute atomic E-state index is 0.215. The molecule has 0 spiro atoms. The van der Waals surface area contributed by atoms with E-state index in [0.717, 1.165) is 35.0 Å². The van der Waals surface area contributed by atoms with Crippen LogP contribution in [0.15, 0.2) is 51.3 Å². The van der Waals surface area contributed by atoms with Crippen molar-refractivity contribution in [3.05, 3.63) is 71.0 Å². The molecule has 0 aliphatic rings. The molecule has 6 heteroatoms. The summed E-state index contributed by atoms with van der Waals surface area (Å²) < 4.78 is 16.3. The Hall–Kier alpha value is -2.73. The van der Waals surface area contributed by atoms with Crippen molar-refractivity contribution in [1.29, 1.82) is 0 Å². The van der Waals surface area contributed by atoms with Gasteiger partial charge in [-0.3, -0.25) is 4.79 Å². The van der Waals surface area contributed by atoms with E-state index in [1.54, 1.807) is 0 Å². The fourth-order valence-electron chi connectivity index (χ4n) is 2.78. The number of thioether (sulfide) groups is 1. The summed E-state index contributed by atoms with van der Waals surface area (Å²) >= 11 is 1.49. The molecule has 0 aliphatic carbocycles. The van der Waals surface area contributed by atoms with E-state index < -0.39 is 0 Å². The van der Waals surface area contributed by atoms with E-state index in [1.807, 2.05) is 43.3 Å². The molecule has 0 radical (unpaired) electrons. The van der Waals surface area contributed by atoms with Crippen LogP contribution in [0.3, 0.4) is 0 Å². The third-order valence-electron chi connectivity index (χ3n) is 4.47. The molecular formula is C23H25NO4S. The molecule has 5 nitrogen and oxygen atoms in total. The third-order valence-corrected chi connectivity index (χ3v) is 5.34. The standard InChI is InChI=1S/C23H25NO4S/c1-4-17-7-9-18(10-8-17)23-24-21(16(2)27-23)14-20-12-11-19(28-20)6-5-13-29-15-22(25)26-3/h5-12H,4,13-15H2,1-3H3/b6-5+. The van der Waals surface area contributed by atoms with Crippen LogP contribution >= 0.6 is 11.8 Å². The molecule has 0 fully saturated rings. The molecule has 0 bridgehead atoms. The summed E-state index contributed by atoms with van der Waals surface area (Å²) in [5.41, 5.74) is 3.14. The smallest absolute Gasteiger partial charge is 0.315 e. The Bertz CT molecular complexity index is 969. The van der Waals surface area contributed by atoms with Crippen molar-refractivity contribution < 1.29 is 18.4 Å². The molecule has 0 saturated heterocycles. The summed E-state index contributed by atoms with van der Waals surface area (Å²) in [6, 6.07) is 12.2. The van der Waals surface area contributed by atoms with Crippen LogP contribution in [-0.2, 0) is 22.4 Å². The molecular weight excluding hydrogens is 386 g/mol. The highest BCUT2D eigenvalue weighted by atomic mass is 32.2. The predicted molar refractivity (Wildman–Crippen MR) is 116 cm³/mol. The van der Waals surface area contributed by atoms with Crippen LogP contribution in [0.2, 0.25) is 0 Å². The van der Waals surface area contributed by atoms with E-state index in [9.17, 15) is 4.79 Å². The van der Waals surface area contributed by atoms with Crippen molar-refractivity contribution >= 4 is 23.8 Å². The summed E-state index contributed by atoms with van der Waals surface area (Å²) in [4.78, 5) is 15.7. The lowest BCUT2D eigenvalue weighted by molar-refractivity contribution is -0.137. The van der Waals surface area contributed by atoms with Gasteiger partial charge in [-0.25, -0.2) is 4.98 Å². The van der Waals surface area contributed by atoms with Crippen LogP contribution in [0.5, 0.6) is 0 Å². The van der Waals surface area contributed by atoms with Crippen LogP contribution < -0.4 is 0 Å². The first kappa shape index (κ1) is 21.0. The minimum Gasteiger partial charge on any atom is -0.468 e. The van der Waals surface area contributed by atoms with E-state index in [4.69, 9.17) is 8.83 Å². The van der Waals surface area contributed by atoms with Crippen LogP contribution in [-0.4, -0.2) is 29.6 Å². The number of aryl methyl sites for hydroxylation is 2. The van der Waals surface area contributed by atoms with Gasteiger partial charge in [0.1, 0.15) is 17.3 Å². The largest absolute Gasteiger partial charge is 0.468 e. The maximum absolute atomic E-state index is 11.1. The number of rotatable bonds is 9. The molecule has 152 valence electrons. The number of ether oxygens (including phenoxy) is 1. The van der Waals surface area contributed by atoms with Crippen LogP contribution in [0.25, 0.3) is 17.5 Å². The van der Waals surface area contributed by atoms with Gasteiger partial charge >= 0.3 is 5.97 Å². The van der Waals surface area contributed by atoms with Crippen molar-refractivity contribution in [2.45, 2.75) is 26.7 Å². The maximum Gasteiger partial charge on any atom is 0.315 e. The molecule has 3 aromatic rings. The number of esters is 1. The SMILES string of the molecule is CCc1ccc(-c2nc(Cc3ccc(/C=C/CSCC(=O)OC)o3)c(C)o2)cc1. The topological polar surface area (TPSA) is 65.5 Å². The quantitative estimate of drug-likeness (QED) is 0.351. The van der Waals surface area contributed by atoms with Crippen LogP contribution in [0, 0.1) is 6.92 Å². The summed E-state index contributed by atoms with van der Waals surface area (Å²) in [5.74, 6) is 3.88. The van der Waals surface area contributed by atoms with Gasteiger partial charge in [0.15, 0.2) is 0 Å². The number of aromatic nitrogens is 1. The number of furan rings is 1. The first-order chi connectivity index (χ1) is 14.1. The summed E-state index contributed by atoms with van der Waals surface area (Å²) in [7, 11) is 1.39. The number of benzene rings is 1. The first-order valence-corrected chi connectivity index (χ1v) is 10.7. The first-order valence-electron chi connectivity index (χ1n) is 9.54. The van der Waals surface area contributed by atoms with Crippen LogP contribution in [0.4, 0.5) is 0 Å². The van der Waals surface area contributed by atoms with Gasteiger partial charge in [0.05, 0.1) is 25.0 Å². The second-order valence-corrected chi connectivity index (χ2v) is 7.58. The second kappa shape index (κ2) is 10.2. The van der Waals surface area contributed by atoms with Gasteiger partial charge in [-0.15, -0.1) is 11.8 Å². The Morgan fingerprint density at radius 2 is 1.97 bits per heavy atom. The Labute approximate surface area is 175 Å². The van der Waals surface area contributed by atoms with Crippen LogP contribution in [0.1, 0.15) is 35.5 Å².